The normalized spacial score (nSPS) is 32.8. The van der Waals surface area contributed by atoms with Crippen molar-refractivity contribution in [1.82, 2.24) is 10.2 Å². The van der Waals surface area contributed by atoms with Crippen LogP contribution in [0.5, 0.6) is 0 Å². The van der Waals surface area contributed by atoms with E-state index in [1.54, 1.807) is 0 Å². The number of amides is 1. The Bertz CT molecular complexity index is 332. The van der Waals surface area contributed by atoms with Gasteiger partial charge in [0.15, 0.2) is 0 Å². The lowest BCUT2D eigenvalue weighted by molar-refractivity contribution is -0.143. The first-order chi connectivity index (χ1) is 8.06. The Morgan fingerprint density at radius 2 is 2.18 bits per heavy atom. The number of carboxylic acid groups (broad SMARTS) is 1. The van der Waals surface area contributed by atoms with E-state index in [2.05, 4.69) is 5.32 Å². The summed E-state index contributed by atoms with van der Waals surface area (Å²) in [6.45, 7) is 2.54. The third-order valence-electron chi connectivity index (χ3n) is 4.04. The maximum absolute atomic E-state index is 12.3. The highest BCUT2D eigenvalue weighted by molar-refractivity contribution is 5.82. The predicted molar refractivity (Wildman–Crippen MR) is 62.5 cm³/mol. The smallest absolute Gasteiger partial charge is 0.308 e. The number of hydrogen-bond acceptors (Lipinski definition) is 3. The molecule has 0 aromatic carbocycles. The number of fused-ring (bicyclic) bond motifs is 2. The molecular formula is C12H20N2O3. The van der Waals surface area contributed by atoms with Gasteiger partial charge in [-0.05, 0) is 26.3 Å². The van der Waals surface area contributed by atoms with Crippen molar-refractivity contribution in [3.05, 3.63) is 0 Å². The number of carbonyl (C=O) groups is 2. The molecule has 0 aromatic rings. The minimum Gasteiger partial charge on any atom is -0.481 e. The van der Waals surface area contributed by atoms with Gasteiger partial charge in [0.2, 0.25) is 5.91 Å². The van der Waals surface area contributed by atoms with Gasteiger partial charge in [0.25, 0.3) is 0 Å². The molecule has 2 aliphatic rings. The van der Waals surface area contributed by atoms with Crippen molar-refractivity contribution in [3.8, 4) is 0 Å². The Labute approximate surface area is 101 Å². The van der Waals surface area contributed by atoms with Gasteiger partial charge < -0.3 is 15.3 Å². The van der Waals surface area contributed by atoms with Crippen molar-refractivity contribution in [1.29, 1.82) is 0 Å². The molecule has 5 nitrogen and oxygen atoms in total. The van der Waals surface area contributed by atoms with Crippen LogP contribution < -0.4 is 5.32 Å². The largest absolute Gasteiger partial charge is 0.481 e. The summed E-state index contributed by atoms with van der Waals surface area (Å²) in [6, 6.07) is 0.0946. The van der Waals surface area contributed by atoms with Gasteiger partial charge in [-0.3, -0.25) is 9.59 Å². The summed E-state index contributed by atoms with van der Waals surface area (Å²) in [5.74, 6) is -1.07. The molecule has 0 aromatic heterocycles. The number of aliphatic carboxylic acids is 1. The average Bonchev–Trinajstić information content (AvgIpc) is 2.85. The Balaban J connectivity index is 2.08. The van der Waals surface area contributed by atoms with Crippen LogP contribution in [-0.4, -0.2) is 47.6 Å². The van der Waals surface area contributed by atoms with Gasteiger partial charge in [0.1, 0.15) is 0 Å². The zero-order valence-electron chi connectivity index (χ0n) is 10.3. The number of carboxylic acids is 1. The molecule has 1 amide bonds. The summed E-state index contributed by atoms with van der Waals surface area (Å²) in [6.07, 6.45) is 2.45. The quantitative estimate of drug-likeness (QED) is 0.742. The van der Waals surface area contributed by atoms with Crippen LogP contribution in [-0.2, 0) is 9.59 Å². The summed E-state index contributed by atoms with van der Waals surface area (Å²) in [5.41, 5.74) is 0. The zero-order chi connectivity index (χ0) is 12.6. The summed E-state index contributed by atoms with van der Waals surface area (Å²) in [4.78, 5) is 25.2. The van der Waals surface area contributed by atoms with Gasteiger partial charge in [-0.25, -0.2) is 0 Å². The Kier molecular flexibility index (Phi) is 3.38. The minimum atomic E-state index is -0.753. The molecule has 17 heavy (non-hydrogen) atoms. The molecule has 2 fully saturated rings. The molecule has 2 N–H and O–H groups in total. The van der Waals surface area contributed by atoms with E-state index < -0.39 is 5.97 Å². The Morgan fingerprint density at radius 1 is 1.47 bits per heavy atom. The highest BCUT2D eigenvalue weighted by Crippen LogP contribution is 2.42. The maximum Gasteiger partial charge on any atom is 0.308 e. The van der Waals surface area contributed by atoms with Crippen LogP contribution in [0.4, 0.5) is 0 Å². The summed E-state index contributed by atoms with van der Waals surface area (Å²) >= 11 is 0. The maximum atomic E-state index is 12.3. The van der Waals surface area contributed by atoms with Gasteiger partial charge in [-0.1, -0.05) is 6.92 Å². The number of rotatable bonds is 4. The van der Waals surface area contributed by atoms with E-state index in [9.17, 15) is 9.59 Å². The highest BCUT2D eigenvalue weighted by atomic mass is 16.4. The second-order valence-electron chi connectivity index (χ2n) is 5.18. The van der Waals surface area contributed by atoms with E-state index in [4.69, 9.17) is 5.11 Å². The van der Waals surface area contributed by atoms with Crippen LogP contribution in [0.3, 0.4) is 0 Å². The Hall–Kier alpha value is -1.10. The van der Waals surface area contributed by atoms with Gasteiger partial charge in [-0.15, -0.1) is 0 Å². The van der Waals surface area contributed by atoms with Crippen molar-refractivity contribution >= 4 is 11.9 Å². The SMILES string of the molecule is CNCC(C)C(=O)N1C2CCC1C(C(=O)O)C2. The third kappa shape index (κ3) is 2.04. The van der Waals surface area contributed by atoms with Crippen molar-refractivity contribution in [2.75, 3.05) is 13.6 Å². The zero-order valence-corrected chi connectivity index (χ0v) is 10.3. The molecule has 0 spiro atoms. The summed E-state index contributed by atoms with van der Waals surface area (Å²) < 4.78 is 0. The van der Waals surface area contributed by atoms with Crippen LogP contribution in [0.2, 0.25) is 0 Å². The first kappa shape index (κ1) is 12.4. The van der Waals surface area contributed by atoms with Crippen LogP contribution in [0.25, 0.3) is 0 Å². The molecule has 5 heteroatoms. The van der Waals surface area contributed by atoms with Gasteiger partial charge >= 0.3 is 5.97 Å². The van der Waals surface area contributed by atoms with E-state index >= 15 is 0 Å². The molecule has 2 heterocycles. The summed E-state index contributed by atoms with van der Waals surface area (Å²) in [7, 11) is 1.82. The van der Waals surface area contributed by atoms with E-state index in [0.717, 1.165) is 12.8 Å². The van der Waals surface area contributed by atoms with E-state index in [0.29, 0.717) is 13.0 Å². The molecule has 2 aliphatic heterocycles. The molecule has 0 radical (unpaired) electrons. The van der Waals surface area contributed by atoms with Gasteiger partial charge in [0.05, 0.1) is 5.92 Å². The second kappa shape index (κ2) is 4.64. The molecule has 4 unspecified atom stereocenters. The molecule has 0 saturated carbocycles. The predicted octanol–water partition coefficient (Wildman–Crippen LogP) is 0.306. The van der Waals surface area contributed by atoms with Crippen molar-refractivity contribution < 1.29 is 14.7 Å². The standard InChI is InChI=1S/C12H20N2O3/c1-7(6-13-2)11(15)14-8-3-4-10(14)9(5-8)12(16)17/h7-10,13H,3-6H2,1-2H3,(H,16,17). The average molecular weight is 240 g/mol. The topological polar surface area (TPSA) is 69.6 Å². The minimum absolute atomic E-state index is 0.0655. The van der Waals surface area contributed by atoms with Gasteiger partial charge in [-0.2, -0.15) is 0 Å². The van der Waals surface area contributed by atoms with Crippen molar-refractivity contribution in [2.24, 2.45) is 11.8 Å². The molecule has 2 saturated heterocycles. The number of nitrogens with one attached hydrogen (secondary N) is 1. The van der Waals surface area contributed by atoms with Gasteiger partial charge in [0, 0.05) is 24.5 Å². The molecule has 2 rings (SSSR count). The van der Waals surface area contributed by atoms with E-state index in [1.807, 2.05) is 18.9 Å². The fourth-order valence-electron chi connectivity index (χ4n) is 3.25. The first-order valence-corrected chi connectivity index (χ1v) is 6.25. The molecule has 2 bridgehead atoms. The van der Waals surface area contributed by atoms with Crippen LogP contribution >= 0.6 is 0 Å². The van der Waals surface area contributed by atoms with Crippen LogP contribution in [0.1, 0.15) is 26.2 Å². The van der Waals surface area contributed by atoms with E-state index in [1.165, 1.54) is 0 Å². The summed E-state index contributed by atoms with van der Waals surface area (Å²) in [5, 5.41) is 12.1. The van der Waals surface area contributed by atoms with E-state index in [-0.39, 0.29) is 29.8 Å². The molecule has 4 atom stereocenters. The lowest BCUT2D eigenvalue weighted by atomic mass is 9.89. The van der Waals surface area contributed by atoms with Crippen LogP contribution in [0.15, 0.2) is 0 Å². The fourth-order valence-corrected chi connectivity index (χ4v) is 3.25. The number of nitrogens with zero attached hydrogens (tertiary/aromatic N) is 1. The highest BCUT2D eigenvalue weighted by Gasteiger charge is 2.51. The first-order valence-electron chi connectivity index (χ1n) is 6.25. The van der Waals surface area contributed by atoms with Crippen LogP contribution in [0, 0.1) is 11.8 Å². The monoisotopic (exact) mass is 240 g/mol. The molecular weight excluding hydrogens is 220 g/mol. The lowest BCUT2D eigenvalue weighted by Gasteiger charge is -2.26. The fraction of sp³-hybridized carbons (Fsp3) is 0.833. The number of hydrogen-bond donors (Lipinski definition) is 2. The van der Waals surface area contributed by atoms with Crippen molar-refractivity contribution in [3.63, 3.8) is 0 Å². The second-order valence-corrected chi connectivity index (χ2v) is 5.18. The van der Waals surface area contributed by atoms with Crippen molar-refractivity contribution in [2.45, 2.75) is 38.3 Å². The Morgan fingerprint density at radius 3 is 2.71 bits per heavy atom. The molecule has 0 aliphatic carbocycles. The lowest BCUT2D eigenvalue weighted by Crippen LogP contribution is -2.42. The third-order valence-corrected chi connectivity index (χ3v) is 4.04. The number of carbonyl (C=O) groups excluding carboxylic acids is 1. The molecule has 96 valence electrons.